The molecule has 1 fully saturated rings. The van der Waals surface area contributed by atoms with Crippen molar-refractivity contribution in [2.24, 2.45) is 5.73 Å². The number of nitrogens with two attached hydrogens (primary N) is 1. The van der Waals surface area contributed by atoms with Gasteiger partial charge in [0.2, 0.25) is 5.95 Å². The van der Waals surface area contributed by atoms with Gasteiger partial charge in [0.25, 0.3) is 0 Å². The molecule has 2 heterocycles. The third kappa shape index (κ3) is 4.11. The van der Waals surface area contributed by atoms with Crippen LogP contribution in [-0.2, 0) is 0 Å². The number of anilines is 3. The van der Waals surface area contributed by atoms with Crippen molar-refractivity contribution in [3.63, 3.8) is 0 Å². The van der Waals surface area contributed by atoms with Crippen molar-refractivity contribution in [3.8, 4) is 5.75 Å². The number of imidazole rings is 1. The van der Waals surface area contributed by atoms with Crippen LogP contribution in [0.3, 0.4) is 0 Å². The highest BCUT2D eigenvalue weighted by Crippen LogP contribution is 2.24. The van der Waals surface area contributed by atoms with E-state index in [0.29, 0.717) is 36.1 Å². The van der Waals surface area contributed by atoms with E-state index in [1.807, 2.05) is 37.4 Å². The van der Waals surface area contributed by atoms with Gasteiger partial charge in [0.1, 0.15) is 5.75 Å². The fourth-order valence-corrected chi connectivity index (χ4v) is 3.36. The van der Waals surface area contributed by atoms with E-state index in [1.165, 1.54) is 0 Å². The van der Waals surface area contributed by atoms with Crippen molar-refractivity contribution in [1.29, 1.82) is 0 Å². The summed E-state index contributed by atoms with van der Waals surface area (Å²) in [6, 6.07) is 8.45. The molecule has 3 aromatic rings. The lowest BCUT2D eigenvalue weighted by Gasteiger charge is -2.26. The molecule has 142 valence electrons. The molecular weight excluding hydrogens is 342 g/mol. The fraction of sp³-hybridized carbons (Fsp3) is 0.421. The van der Waals surface area contributed by atoms with Crippen molar-refractivity contribution in [2.75, 3.05) is 17.2 Å². The number of nitrogens with one attached hydrogen (secondary N) is 2. The molecule has 0 radical (unpaired) electrons. The predicted octanol–water partition coefficient (Wildman–Crippen LogP) is 2.95. The van der Waals surface area contributed by atoms with Gasteiger partial charge in [-0.05, 0) is 56.9 Å². The topological polar surface area (TPSA) is 102 Å². The molecule has 1 aliphatic carbocycles. The van der Waals surface area contributed by atoms with Crippen LogP contribution in [-0.4, -0.2) is 38.3 Å². The minimum Gasteiger partial charge on any atom is -0.494 e. The first kappa shape index (κ1) is 17.5. The normalized spacial score (nSPS) is 19.8. The third-order valence-electron chi connectivity index (χ3n) is 4.79. The molecule has 8 nitrogen and oxygen atoms in total. The highest BCUT2D eigenvalue weighted by Gasteiger charge is 2.20. The summed E-state index contributed by atoms with van der Waals surface area (Å²) in [6.07, 6.45) is 7.67. The van der Waals surface area contributed by atoms with E-state index in [0.717, 1.165) is 37.1 Å². The second kappa shape index (κ2) is 7.79. The number of nitrogens with zero attached hydrogens (tertiary/aromatic N) is 4. The third-order valence-corrected chi connectivity index (χ3v) is 4.79. The van der Waals surface area contributed by atoms with Gasteiger partial charge in [-0.2, -0.15) is 4.98 Å². The number of hydrogen-bond acceptors (Lipinski definition) is 7. The van der Waals surface area contributed by atoms with Gasteiger partial charge in [-0.3, -0.25) is 0 Å². The van der Waals surface area contributed by atoms with E-state index in [9.17, 15) is 0 Å². The van der Waals surface area contributed by atoms with Crippen LogP contribution >= 0.6 is 0 Å². The lowest BCUT2D eigenvalue weighted by atomic mass is 9.92. The number of ether oxygens (including phenoxy) is 1. The summed E-state index contributed by atoms with van der Waals surface area (Å²) in [5.41, 5.74) is 7.59. The van der Waals surface area contributed by atoms with Crippen LogP contribution in [0.1, 0.15) is 32.6 Å². The Hall–Kier alpha value is -2.87. The van der Waals surface area contributed by atoms with E-state index in [4.69, 9.17) is 10.5 Å². The fourth-order valence-electron chi connectivity index (χ4n) is 3.36. The Labute approximate surface area is 158 Å². The van der Waals surface area contributed by atoms with Gasteiger partial charge in [-0.15, -0.1) is 5.10 Å². The molecular formula is C19H25N7O. The zero-order valence-electron chi connectivity index (χ0n) is 15.4. The van der Waals surface area contributed by atoms with Gasteiger partial charge >= 0.3 is 0 Å². The number of fused-ring (bicyclic) bond motifs is 1. The molecule has 1 aromatic carbocycles. The van der Waals surface area contributed by atoms with Gasteiger partial charge in [0, 0.05) is 30.2 Å². The largest absolute Gasteiger partial charge is 0.494 e. The molecule has 4 rings (SSSR count). The molecule has 0 amide bonds. The van der Waals surface area contributed by atoms with Crippen molar-refractivity contribution < 1.29 is 4.74 Å². The molecule has 1 saturated carbocycles. The maximum atomic E-state index is 6.00. The first-order chi connectivity index (χ1) is 13.2. The Morgan fingerprint density at radius 2 is 1.96 bits per heavy atom. The molecule has 0 unspecified atom stereocenters. The Morgan fingerprint density at radius 3 is 2.70 bits per heavy atom. The van der Waals surface area contributed by atoms with E-state index >= 15 is 0 Å². The van der Waals surface area contributed by atoms with Crippen LogP contribution in [0, 0.1) is 0 Å². The van der Waals surface area contributed by atoms with Crippen LogP contribution in [0.25, 0.3) is 5.65 Å². The van der Waals surface area contributed by atoms with E-state index in [1.54, 1.807) is 10.7 Å². The standard InChI is InChI=1S/C19H25N7O/c1-2-27-16-9-7-14(8-10-16)22-17-18-21-11-12-26(18)25-19(24-17)23-15-5-3-13(20)4-6-15/h7-13,15H,2-6,20H2,1H3,(H2,22,23,24,25)/t13-,15-. The number of rotatable bonds is 6. The lowest BCUT2D eigenvalue weighted by molar-refractivity contribution is 0.340. The minimum absolute atomic E-state index is 0.317. The SMILES string of the molecule is CCOc1ccc(Nc2nc(N[C@H]3CC[C@H](N)CC3)nn3ccnc23)cc1. The second-order valence-electron chi connectivity index (χ2n) is 6.82. The first-order valence-corrected chi connectivity index (χ1v) is 9.44. The summed E-state index contributed by atoms with van der Waals surface area (Å²) < 4.78 is 7.23. The van der Waals surface area contributed by atoms with Crippen LogP contribution in [0.4, 0.5) is 17.5 Å². The van der Waals surface area contributed by atoms with Crippen LogP contribution < -0.4 is 21.1 Å². The summed E-state index contributed by atoms with van der Waals surface area (Å²) in [5, 5.41) is 11.3. The number of hydrogen-bond donors (Lipinski definition) is 3. The van der Waals surface area contributed by atoms with Crippen LogP contribution in [0.15, 0.2) is 36.7 Å². The molecule has 1 aliphatic rings. The molecule has 0 aliphatic heterocycles. The molecule has 0 bridgehead atoms. The smallest absolute Gasteiger partial charge is 0.243 e. The summed E-state index contributed by atoms with van der Waals surface area (Å²) in [4.78, 5) is 9.03. The number of aromatic nitrogens is 4. The highest BCUT2D eigenvalue weighted by molar-refractivity contribution is 5.70. The van der Waals surface area contributed by atoms with Crippen LogP contribution in [0.2, 0.25) is 0 Å². The first-order valence-electron chi connectivity index (χ1n) is 9.44. The zero-order chi connectivity index (χ0) is 18.6. The zero-order valence-corrected chi connectivity index (χ0v) is 15.4. The minimum atomic E-state index is 0.317. The molecule has 27 heavy (non-hydrogen) atoms. The molecule has 4 N–H and O–H groups in total. The van der Waals surface area contributed by atoms with E-state index < -0.39 is 0 Å². The van der Waals surface area contributed by atoms with Crippen molar-refractivity contribution >= 4 is 23.1 Å². The molecule has 8 heteroatoms. The van der Waals surface area contributed by atoms with Gasteiger partial charge in [0.05, 0.1) is 6.61 Å². The van der Waals surface area contributed by atoms with Crippen molar-refractivity contribution in [2.45, 2.75) is 44.7 Å². The lowest BCUT2D eigenvalue weighted by Crippen LogP contribution is -2.33. The Bertz CT molecular complexity index is 885. The molecule has 0 spiro atoms. The van der Waals surface area contributed by atoms with Gasteiger partial charge < -0.3 is 21.1 Å². The van der Waals surface area contributed by atoms with Crippen molar-refractivity contribution in [3.05, 3.63) is 36.7 Å². The highest BCUT2D eigenvalue weighted by atomic mass is 16.5. The maximum absolute atomic E-state index is 6.00. The van der Waals surface area contributed by atoms with Gasteiger partial charge in [-0.1, -0.05) is 0 Å². The monoisotopic (exact) mass is 367 g/mol. The van der Waals surface area contributed by atoms with Gasteiger partial charge in [0.15, 0.2) is 11.5 Å². The predicted molar refractivity (Wildman–Crippen MR) is 106 cm³/mol. The summed E-state index contributed by atoms with van der Waals surface area (Å²) in [7, 11) is 0. The maximum Gasteiger partial charge on any atom is 0.243 e. The Morgan fingerprint density at radius 1 is 1.19 bits per heavy atom. The average Bonchev–Trinajstić information content (AvgIpc) is 3.14. The Kier molecular flexibility index (Phi) is 5.06. The average molecular weight is 367 g/mol. The van der Waals surface area contributed by atoms with Crippen molar-refractivity contribution in [1.82, 2.24) is 19.6 Å². The van der Waals surface area contributed by atoms with Gasteiger partial charge in [-0.25, -0.2) is 9.50 Å². The quantitative estimate of drug-likeness (QED) is 0.615. The second-order valence-corrected chi connectivity index (χ2v) is 6.82. The molecule has 0 atom stereocenters. The van der Waals surface area contributed by atoms with E-state index in [2.05, 4.69) is 25.7 Å². The van der Waals surface area contributed by atoms with E-state index in [-0.39, 0.29) is 0 Å². The summed E-state index contributed by atoms with van der Waals surface area (Å²) >= 11 is 0. The van der Waals surface area contributed by atoms with Crippen LogP contribution in [0.5, 0.6) is 5.75 Å². The Balaban J connectivity index is 1.55. The summed E-state index contributed by atoms with van der Waals surface area (Å²) in [6.45, 7) is 2.62. The molecule has 0 saturated heterocycles. The summed E-state index contributed by atoms with van der Waals surface area (Å²) in [5.74, 6) is 2.10. The number of benzene rings is 1. The molecule has 2 aromatic heterocycles.